The molecular formula is C16H18N6O2. The van der Waals surface area contributed by atoms with Crippen LogP contribution >= 0.6 is 0 Å². The van der Waals surface area contributed by atoms with Gasteiger partial charge in [-0.05, 0) is 18.9 Å². The standard InChI is InChI=1S/C16H18N6O2/c1-20-11-15(9-18-20)21-6-2-3-13(10-21)19-16-5-4-14(22(23)24)7-12(16)8-17/h4-5,7,9,11,13,19H,2-3,6,10H2,1H3/t13-/m1/s1. The molecule has 0 spiro atoms. The van der Waals surface area contributed by atoms with Crippen LogP contribution in [0.1, 0.15) is 18.4 Å². The Bertz CT molecular complexity index is 794. The van der Waals surface area contributed by atoms with Crippen LogP contribution in [0.3, 0.4) is 0 Å². The number of nitro benzene ring substituents is 1. The third-order valence-corrected chi connectivity index (χ3v) is 4.17. The molecule has 0 aliphatic carbocycles. The number of non-ortho nitro benzene ring substituents is 1. The number of nitriles is 1. The van der Waals surface area contributed by atoms with Crippen molar-refractivity contribution in [3.05, 3.63) is 46.3 Å². The first kappa shape index (κ1) is 15.8. The van der Waals surface area contributed by atoms with E-state index in [0.29, 0.717) is 11.3 Å². The van der Waals surface area contributed by atoms with Crippen molar-refractivity contribution in [1.29, 1.82) is 5.26 Å². The maximum atomic E-state index is 10.8. The SMILES string of the molecule is Cn1cc(N2CCC[C@@H](Nc3ccc([N+](=O)[O-])cc3C#N)C2)cn1. The Morgan fingerprint density at radius 3 is 3.00 bits per heavy atom. The van der Waals surface area contributed by atoms with Crippen LogP contribution in [0, 0.1) is 21.4 Å². The summed E-state index contributed by atoms with van der Waals surface area (Å²) in [6.45, 7) is 1.77. The third-order valence-electron chi connectivity index (χ3n) is 4.17. The maximum absolute atomic E-state index is 10.8. The topological polar surface area (TPSA) is 100 Å². The van der Waals surface area contributed by atoms with Crippen molar-refractivity contribution in [1.82, 2.24) is 9.78 Å². The second-order valence-corrected chi connectivity index (χ2v) is 5.90. The lowest BCUT2D eigenvalue weighted by Crippen LogP contribution is -2.42. The van der Waals surface area contributed by atoms with E-state index in [-0.39, 0.29) is 11.7 Å². The summed E-state index contributed by atoms with van der Waals surface area (Å²) < 4.78 is 1.77. The number of nitrogens with zero attached hydrogens (tertiary/aromatic N) is 5. The van der Waals surface area contributed by atoms with Gasteiger partial charge in [0, 0.05) is 44.5 Å². The summed E-state index contributed by atoms with van der Waals surface area (Å²) in [5, 5.41) is 27.6. The number of nitrogens with one attached hydrogen (secondary N) is 1. The van der Waals surface area contributed by atoms with Crippen LogP contribution < -0.4 is 10.2 Å². The molecule has 8 nitrogen and oxygen atoms in total. The summed E-state index contributed by atoms with van der Waals surface area (Å²) in [7, 11) is 1.89. The van der Waals surface area contributed by atoms with E-state index >= 15 is 0 Å². The molecule has 1 atom stereocenters. The summed E-state index contributed by atoms with van der Waals surface area (Å²) in [4.78, 5) is 12.6. The van der Waals surface area contributed by atoms with Crippen molar-refractivity contribution in [2.45, 2.75) is 18.9 Å². The molecule has 8 heteroatoms. The van der Waals surface area contributed by atoms with Crippen LogP contribution in [0.25, 0.3) is 0 Å². The Morgan fingerprint density at radius 2 is 2.33 bits per heavy atom. The largest absolute Gasteiger partial charge is 0.379 e. The minimum atomic E-state index is -0.491. The number of nitro groups is 1. The van der Waals surface area contributed by atoms with Gasteiger partial charge in [0.15, 0.2) is 0 Å². The molecule has 1 aliphatic heterocycles. The fourth-order valence-corrected chi connectivity index (χ4v) is 2.99. The van der Waals surface area contributed by atoms with Gasteiger partial charge in [-0.2, -0.15) is 10.4 Å². The lowest BCUT2D eigenvalue weighted by molar-refractivity contribution is -0.384. The van der Waals surface area contributed by atoms with Crippen molar-refractivity contribution in [2.75, 3.05) is 23.3 Å². The highest BCUT2D eigenvalue weighted by Gasteiger charge is 2.22. The minimum absolute atomic E-state index is 0.0715. The number of rotatable bonds is 4. The molecule has 1 fully saturated rings. The van der Waals surface area contributed by atoms with Gasteiger partial charge in [0.25, 0.3) is 5.69 Å². The van der Waals surface area contributed by atoms with E-state index in [4.69, 9.17) is 0 Å². The van der Waals surface area contributed by atoms with Gasteiger partial charge in [-0.1, -0.05) is 0 Å². The molecule has 0 amide bonds. The molecule has 1 saturated heterocycles. The zero-order valence-electron chi connectivity index (χ0n) is 13.3. The van der Waals surface area contributed by atoms with Gasteiger partial charge in [0.1, 0.15) is 6.07 Å². The molecule has 1 aliphatic rings. The molecule has 1 aromatic heterocycles. The molecule has 0 bridgehead atoms. The number of aryl methyl sites for hydroxylation is 1. The molecule has 1 aromatic carbocycles. The van der Waals surface area contributed by atoms with Gasteiger partial charge >= 0.3 is 0 Å². The second-order valence-electron chi connectivity index (χ2n) is 5.90. The molecule has 1 N–H and O–H groups in total. The highest BCUT2D eigenvalue weighted by molar-refractivity contribution is 5.62. The van der Waals surface area contributed by atoms with Crippen LogP contribution in [-0.2, 0) is 7.05 Å². The summed E-state index contributed by atoms with van der Waals surface area (Å²) >= 11 is 0. The Kier molecular flexibility index (Phi) is 4.33. The summed E-state index contributed by atoms with van der Waals surface area (Å²) in [5.41, 5.74) is 1.94. The van der Waals surface area contributed by atoms with Crippen LogP contribution in [0.4, 0.5) is 17.1 Å². The predicted molar refractivity (Wildman–Crippen MR) is 89.9 cm³/mol. The molecular weight excluding hydrogens is 308 g/mol. The van der Waals surface area contributed by atoms with Crippen molar-refractivity contribution in [3.63, 3.8) is 0 Å². The second kappa shape index (κ2) is 6.58. The van der Waals surface area contributed by atoms with Crippen LogP contribution in [-0.4, -0.2) is 33.8 Å². The fourth-order valence-electron chi connectivity index (χ4n) is 2.99. The van der Waals surface area contributed by atoms with E-state index < -0.39 is 4.92 Å². The quantitative estimate of drug-likeness (QED) is 0.683. The number of hydrogen-bond donors (Lipinski definition) is 1. The zero-order valence-corrected chi connectivity index (χ0v) is 13.3. The van der Waals surface area contributed by atoms with E-state index in [2.05, 4.69) is 15.3 Å². The van der Waals surface area contributed by atoms with Gasteiger partial charge in [0.05, 0.1) is 28.1 Å². The number of piperidine rings is 1. The normalized spacial score (nSPS) is 17.3. The fraction of sp³-hybridized carbons (Fsp3) is 0.375. The Balaban J connectivity index is 1.74. The molecule has 24 heavy (non-hydrogen) atoms. The van der Waals surface area contributed by atoms with E-state index in [1.54, 1.807) is 10.7 Å². The van der Waals surface area contributed by atoms with Crippen LogP contribution in [0.5, 0.6) is 0 Å². The van der Waals surface area contributed by atoms with E-state index in [9.17, 15) is 15.4 Å². The van der Waals surface area contributed by atoms with Gasteiger partial charge in [-0.25, -0.2) is 0 Å². The molecule has 0 unspecified atom stereocenters. The molecule has 2 heterocycles. The lowest BCUT2D eigenvalue weighted by atomic mass is 10.0. The molecule has 3 rings (SSSR count). The van der Waals surface area contributed by atoms with Gasteiger partial charge in [-0.15, -0.1) is 0 Å². The first-order chi connectivity index (χ1) is 11.6. The van der Waals surface area contributed by atoms with Crippen LogP contribution in [0.2, 0.25) is 0 Å². The lowest BCUT2D eigenvalue weighted by Gasteiger charge is -2.34. The van der Waals surface area contributed by atoms with Crippen molar-refractivity contribution in [3.8, 4) is 6.07 Å². The van der Waals surface area contributed by atoms with E-state index in [0.717, 1.165) is 31.6 Å². The first-order valence-corrected chi connectivity index (χ1v) is 7.75. The molecule has 0 radical (unpaired) electrons. The third kappa shape index (κ3) is 3.30. The highest BCUT2D eigenvalue weighted by Crippen LogP contribution is 2.25. The van der Waals surface area contributed by atoms with Crippen molar-refractivity contribution in [2.24, 2.45) is 7.05 Å². The smallest absolute Gasteiger partial charge is 0.270 e. The molecule has 0 saturated carbocycles. The predicted octanol–water partition coefficient (Wildman–Crippen LogP) is 2.28. The Hall–Kier alpha value is -3.08. The van der Waals surface area contributed by atoms with E-state index in [1.165, 1.54) is 12.1 Å². The Labute approximate surface area is 139 Å². The minimum Gasteiger partial charge on any atom is -0.379 e. The average Bonchev–Trinajstić information content (AvgIpc) is 3.02. The highest BCUT2D eigenvalue weighted by atomic mass is 16.6. The van der Waals surface area contributed by atoms with Crippen molar-refractivity contribution >= 4 is 17.1 Å². The zero-order chi connectivity index (χ0) is 17.1. The van der Waals surface area contributed by atoms with Crippen molar-refractivity contribution < 1.29 is 4.92 Å². The summed E-state index contributed by atoms with van der Waals surface area (Å²) in [6.07, 6.45) is 5.84. The number of benzene rings is 1. The average molecular weight is 326 g/mol. The molecule has 124 valence electrons. The Morgan fingerprint density at radius 1 is 1.50 bits per heavy atom. The first-order valence-electron chi connectivity index (χ1n) is 7.75. The van der Waals surface area contributed by atoms with Gasteiger partial charge < -0.3 is 10.2 Å². The van der Waals surface area contributed by atoms with Crippen LogP contribution in [0.15, 0.2) is 30.6 Å². The monoisotopic (exact) mass is 326 g/mol. The number of aromatic nitrogens is 2. The van der Waals surface area contributed by atoms with Gasteiger partial charge in [-0.3, -0.25) is 14.8 Å². The summed E-state index contributed by atoms with van der Waals surface area (Å²) in [6, 6.07) is 6.55. The number of anilines is 2. The van der Waals surface area contributed by atoms with E-state index in [1.807, 2.05) is 25.5 Å². The molecule has 2 aromatic rings. The maximum Gasteiger partial charge on any atom is 0.270 e. The number of hydrogen-bond acceptors (Lipinski definition) is 6. The summed E-state index contributed by atoms with van der Waals surface area (Å²) in [5.74, 6) is 0. The van der Waals surface area contributed by atoms with Gasteiger partial charge in [0.2, 0.25) is 0 Å².